The van der Waals surface area contributed by atoms with Gasteiger partial charge in [-0.3, -0.25) is 14.5 Å². The molecule has 4 nitrogen and oxygen atoms in total. The number of hydrogen-bond donors (Lipinski definition) is 1. The number of hydroxylamine groups is 1. The third kappa shape index (κ3) is 1.06. The minimum Gasteiger partial charge on any atom is -0.767 e. The smallest absolute Gasteiger partial charge is 0.109 e. The summed E-state index contributed by atoms with van der Waals surface area (Å²) in [4.78, 5) is 4.48. The van der Waals surface area contributed by atoms with E-state index in [-0.39, 0.29) is 5.03 Å². The van der Waals surface area contributed by atoms with Crippen molar-refractivity contribution in [2.45, 2.75) is 0 Å². The zero-order chi connectivity index (χ0) is 5.98. The fraction of sp³-hybridized carbons (Fsp3) is 0.333. The summed E-state index contributed by atoms with van der Waals surface area (Å²) in [5.41, 5.74) is 2.20. The van der Waals surface area contributed by atoms with Crippen molar-refractivity contribution < 1.29 is 13.6 Å². The third-order valence-electron chi connectivity index (χ3n) is 0.704. The third-order valence-corrected chi connectivity index (χ3v) is 1.31. The van der Waals surface area contributed by atoms with Crippen LogP contribution < -0.4 is 5.48 Å². The average Bonchev–Trinajstić information content (AvgIpc) is 2.12. The maximum Gasteiger partial charge on any atom is 0.109 e. The average molecular weight is 134 g/mol. The lowest BCUT2D eigenvalue weighted by atomic mass is 10.7. The highest BCUT2D eigenvalue weighted by Crippen LogP contribution is 1.99. The van der Waals surface area contributed by atoms with Crippen molar-refractivity contribution in [3.63, 3.8) is 0 Å². The van der Waals surface area contributed by atoms with Gasteiger partial charge >= 0.3 is 0 Å². The van der Waals surface area contributed by atoms with Gasteiger partial charge in [0.1, 0.15) is 5.03 Å². The highest BCUT2D eigenvalue weighted by Gasteiger charge is 2.01. The Kier molecular flexibility index (Phi) is 1.62. The lowest BCUT2D eigenvalue weighted by molar-refractivity contribution is 0.113. The van der Waals surface area contributed by atoms with Gasteiger partial charge in [-0.2, -0.15) is 0 Å². The van der Waals surface area contributed by atoms with E-state index >= 15 is 0 Å². The summed E-state index contributed by atoms with van der Waals surface area (Å²) in [7, 11) is 0. The van der Waals surface area contributed by atoms with E-state index in [1.807, 2.05) is 0 Å². The zero-order valence-electron chi connectivity index (χ0n) is 3.92. The number of hydrogen-bond acceptors (Lipinski definition) is 4. The van der Waals surface area contributed by atoms with Crippen LogP contribution in [0.4, 0.5) is 0 Å². The van der Waals surface area contributed by atoms with Crippen molar-refractivity contribution >= 4 is 11.1 Å². The molecule has 5 heteroatoms. The van der Waals surface area contributed by atoms with Crippen LogP contribution in [-0.2, 0) is 15.9 Å². The van der Waals surface area contributed by atoms with Gasteiger partial charge in [0.05, 0.1) is 6.61 Å². The Bertz CT molecular complexity index is 143. The summed E-state index contributed by atoms with van der Waals surface area (Å²) in [5.74, 6) is 0. The van der Waals surface area contributed by atoms with Crippen molar-refractivity contribution in [3.05, 3.63) is 11.1 Å². The monoisotopic (exact) mass is 134 g/mol. The molecule has 1 N–H and O–H groups in total. The molecular formula is C3H4NO3S-. The summed E-state index contributed by atoms with van der Waals surface area (Å²) < 4.78 is 20.0. The fourth-order valence-electron chi connectivity index (χ4n) is 0.374. The van der Waals surface area contributed by atoms with E-state index in [1.54, 1.807) is 0 Å². The highest BCUT2D eigenvalue weighted by atomic mass is 32.2. The van der Waals surface area contributed by atoms with Crippen LogP contribution in [0.3, 0.4) is 0 Å². The van der Waals surface area contributed by atoms with Crippen molar-refractivity contribution in [2.75, 3.05) is 6.61 Å². The summed E-state index contributed by atoms with van der Waals surface area (Å²) >= 11 is -2.17. The lowest BCUT2D eigenvalue weighted by Crippen LogP contribution is -2.09. The summed E-state index contributed by atoms with van der Waals surface area (Å²) in [5, 5.41) is 0.116. The molecule has 0 amide bonds. The molecule has 0 saturated carbocycles. The van der Waals surface area contributed by atoms with Crippen LogP contribution in [0.1, 0.15) is 0 Å². The minimum absolute atomic E-state index is 0.116. The highest BCUT2D eigenvalue weighted by molar-refractivity contribution is 7.83. The first-order valence-electron chi connectivity index (χ1n) is 1.98. The van der Waals surface area contributed by atoms with Crippen molar-refractivity contribution in [1.29, 1.82) is 0 Å². The van der Waals surface area contributed by atoms with Gasteiger partial charge in [-0.25, -0.2) is 0 Å². The molecule has 1 unspecified atom stereocenters. The van der Waals surface area contributed by atoms with Gasteiger partial charge in [0, 0.05) is 0 Å². The van der Waals surface area contributed by atoms with Gasteiger partial charge < -0.3 is 4.55 Å². The zero-order valence-corrected chi connectivity index (χ0v) is 4.73. The van der Waals surface area contributed by atoms with Crippen LogP contribution >= 0.6 is 0 Å². The normalized spacial score (nSPS) is 21.9. The number of rotatable bonds is 1. The molecule has 0 fully saturated rings. The molecule has 46 valence electrons. The van der Waals surface area contributed by atoms with Gasteiger partial charge in [-0.15, -0.1) is 0 Å². The fourth-order valence-corrected chi connectivity index (χ4v) is 0.705. The first-order chi connectivity index (χ1) is 3.80. The largest absolute Gasteiger partial charge is 0.767 e. The maximum atomic E-state index is 9.99. The molecule has 1 atom stereocenters. The van der Waals surface area contributed by atoms with Gasteiger partial charge in [0.2, 0.25) is 0 Å². The van der Waals surface area contributed by atoms with Gasteiger partial charge in [-0.1, -0.05) is 0 Å². The lowest BCUT2D eigenvalue weighted by Gasteiger charge is -2.03. The summed E-state index contributed by atoms with van der Waals surface area (Å²) in [6.07, 6.45) is 1.45. The van der Waals surface area contributed by atoms with Gasteiger partial charge in [0.15, 0.2) is 0 Å². The second-order valence-electron chi connectivity index (χ2n) is 1.22. The van der Waals surface area contributed by atoms with Crippen LogP contribution in [0.25, 0.3) is 0 Å². The van der Waals surface area contributed by atoms with Crippen molar-refractivity contribution in [3.8, 4) is 0 Å². The van der Waals surface area contributed by atoms with Crippen LogP contribution in [-0.4, -0.2) is 15.4 Å². The van der Waals surface area contributed by atoms with E-state index in [9.17, 15) is 8.76 Å². The Labute approximate surface area is 48.8 Å². The molecule has 0 aliphatic carbocycles. The molecule has 0 radical (unpaired) electrons. The summed E-state index contributed by atoms with van der Waals surface area (Å²) in [6, 6.07) is 0. The Morgan fingerprint density at radius 3 is 3.00 bits per heavy atom. The molecule has 0 spiro atoms. The molecule has 0 aromatic rings. The molecule has 0 bridgehead atoms. The second-order valence-corrected chi connectivity index (χ2v) is 2.13. The van der Waals surface area contributed by atoms with Crippen LogP contribution in [0.5, 0.6) is 0 Å². The van der Waals surface area contributed by atoms with Gasteiger partial charge in [-0.05, 0) is 17.2 Å². The minimum atomic E-state index is -2.17. The van der Waals surface area contributed by atoms with Crippen LogP contribution in [0, 0.1) is 0 Å². The molecule has 1 aliphatic rings. The van der Waals surface area contributed by atoms with E-state index < -0.39 is 11.1 Å². The Hall–Kier alpha value is -0.390. The predicted molar refractivity (Wildman–Crippen MR) is 26.1 cm³/mol. The van der Waals surface area contributed by atoms with Crippen LogP contribution in [0.15, 0.2) is 11.1 Å². The van der Waals surface area contributed by atoms with Crippen molar-refractivity contribution in [1.82, 2.24) is 5.48 Å². The molecule has 0 aromatic heterocycles. The molecular weight excluding hydrogens is 130 g/mol. The van der Waals surface area contributed by atoms with E-state index in [2.05, 4.69) is 10.3 Å². The van der Waals surface area contributed by atoms with Crippen molar-refractivity contribution in [2.24, 2.45) is 0 Å². The quantitative estimate of drug-likeness (QED) is 0.479. The molecule has 1 rings (SSSR count). The Morgan fingerprint density at radius 1 is 2.00 bits per heavy atom. The standard InChI is InChI=1S/C3H5NO3S/c5-8(6)3-1-2-7-4-3/h1,4H,2H2,(H,5,6)/p-1. The van der Waals surface area contributed by atoms with E-state index in [1.165, 1.54) is 6.08 Å². The maximum absolute atomic E-state index is 9.99. The predicted octanol–water partition coefficient (Wildman–Crippen LogP) is -0.758. The molecule has 1 heterocycles. The number of nitrogens with one attached hydrogen (secondary N) is 1. The first kappa shape index (κ1) is 5.74. The SMILES string of the molecule is O=S([O-])C1=CCON1. The van der Waals surface area contributed by atoms with E-state index in [0.29, 0.717) is 6.61 Å². The first-order valence-corrected chi connectivity index (χ1v) is 3.05. The summed E-state index contributed by atoms with van der Waals surface area (Å²) in [6.45, 7) is 0.323. The topological polar surface area (TPSA) is 61.4 Å². The Balaban J connectivity index is 2.57. The van der Waals surface area contributed by atoms with Crippen LogP contribution in [0.2, 0.25) is 0 Å². The molecule has 1 aliphatic heterocycles. The Morgan fingerprint density at radius 2 is 2.75 bits per heavy atom. The van der Waals surface area contributed by atoms with E-state index in [0.717, 1.165) is 0 Å². The second kappa shape index (κ2) is 2.25. The molecule has 0 saturated heterocycles. The molecule has 0 aromatic carbocycles. The van der Waals surface area contributed by atoms with E-state index in [4.69, 9.17) is 0 Å². The van der Waals surface area contributed by atoms with Gasteiger partial charge in [0.25, 0.3) is 0 Å². The molecule has 8 heavy (non-hydrogen) atoms.